The van der Waals surface area contributed by atoms with Gasteiger partial charge in [0, 0.05) is 48.9 Å². The van der Waals surface area contributed by atoms with Gasteiger partial charge in [0.2, 0.25) is 11.8 Å². The molecule has 4 atom stereocenters. The monoisotopic (exact) mass is 525 g/mol. The number of ether oxygens (including phenoxy) is 1. The van der Waals surface area contributed by atoms with Crippen LogP contribution < -0.4 is 10.6 Å². The normalized spacial score (nSPS) is 24.7. The van der Waals surface area contributed by atoms with Crippen molar-refractivity contribution in [1.82, 2.24) is 9.80 Å². The largest absolute Gasteiger partial charge is 0.369 e. The van der Waals surface area contributed by atoms with E-state index in [4.69, 9.17) is 16.0 Å². The number of ketones is 1. The Hall–Kier alpha value is -3.14. The molecule has 206 valence electrons. The lowest BCUT2D eigenvalue weighted by Gasteiger charge is -2.37. The highest BCUT2D eigenvalue weighted by Gasteiger charge is 2.53. The van der Waals surface area contributed by atoms with Crippen molar-refractivity contribution in [3.8, 4) is 0 Å². The lowest BCUT2D eigenvalue weighted by atomic mass is 9.79. The molecule has 0 spiro atoms. The van der Waals surface area contributed by atoms with Crippen LogP contribution in [0.5, 0.6) is 0 Å². The van der Waals surface area contributed by atoms with Crippen molar-refractivity contribution >= 4 is 23.3 Å². The Morgan fingerprint density at radius 2 is 1.95 bits per heavy atom. The smallest absolute Gasteiger partial charge is 0.249 e. The second-order valence-corrected chi connectivity index (χ2v) is 11.7. The molecule has 38 heavy (non-hydrogen) atoms. The average Bonchev–Trinajstić information content (AvgIpc) is 3.43. The number of rotatable bonds is 8. The fraction of sp³-hybridized carbons (Fsp3) is 0.667. The van der Waals surface area contributed by atoms with Gasteiger partial charge in [0.25, 0.3) is 0 Å². The molecule has 3 heterocycles. The Labute approximate surface area is 223 Å². The molecule has 3 fully saturated rings. The topological polar surface area (TPSA) is 145 Å². The third-order valence-electron chi connectivity index (χ3n) is 7.71. The summed E-state index contributed by atoms with van der Waals surface area (Å²) in [5.74, 6) is -1.80. The minimum atomic E-state index is -0.799. The Bertz CT molecular complexity index is 1120. The molecule has 4 rings (SSSR count). The summed E-state index contributed by atoms with van der Waals surface area (Å²) in [6.45, 7) is 12.9. The van der Waals surface area contributed by atoms with Gasteiger partial charge in [0.15, 0.2) is 5.78 Å². The first kappa shape index (κ1) is 27.9. The quantitative estimate of drug-likeness (QED) is 0.314. The molecular weight excluding hydrogens is 486 g/mol. The van der Waals surface area contributed by atoms with Crippen molar-refractivity contribution in [3.63, 3.8) is 0 Å². The maximum absolute atomic E-state index is 14.2. The van der Waals surface area contributed by atoms with Crippen molar-refractivity contribution in [1.29, 1.82) is 0 Å². The van der Waals surface area contributed by atoms with Crippen LogP contribution in [0.25, 0.3) is 10.4 Å². The summed E-state index contributed by atoms with van der Waals surface area (Å²) in [5, 5.41) is 3.81. The van der Waals surface area contributed by atoms with E-state index < -0.39 is 30.0 Å². The predicted molar refractivity (Wildman–Crippen MR) is 144 cm³/mol. The molecule has 2 amide bonds. The van der Waals surface area contributed by atoms with Crippen molar-refractivity contribution in [2.45, 2.75) is 64.6 Å². The molecular formula is C27H39N7O4. The van der Waals surface area contributed by atoms with Gasteiger partial charge in [-0.2, -0.15) is 0 Å². The number of piperazine rings is 1. The fourth-order valence-electron chi connectivity index (χ4n) is 5.97. The standard InChI is InChI=1S/C27H39N7O4/c1-5-8-32-9-11-33(12-10-32)17-6-7-18(25(28)36)19(13-17)20(14-27(2,3)4)26(37)34-15-21(30-31-29)24-23(34)22(35)16-38-24/h6-7,13,20-21,23-24H,5,8-12,14-16H2,1-4H3,(H2,28,36)/t20-,21+,23+,24+/m0/s1. The molecule has 0 bridgehead atoms. The number of Topliss-reactive ketones (excluding diaryl/α,β-unsaturated/α-hetero) is 1. The molecule has 3 saturated heterocycles. The van der Waals surface area contributed by atoms with Crippen LogP contribution in [-0.2, 0) is 14.3 Å². The lowest BCUT2D eigenvalue weighted by Crippen LogP contribution is -2.46. The van der Waals surface area contributed by atoms with Gasteiger partial charge in [0.1, 0.15) is 12.6 Å². The zero-order valence-corrected chi connectivity index (χ0v) is 22.8. The highest BCUT2D eigenvalue weighted by molar-refractivity contribution is 5.99. The van der Waals surface area contributed by atoms with Gasteiger partial charge in [-0.1, -0.05) is 32.8 Å². The summed E-state index contributed by atoms with van der Waals surface area (Å²) >= 11 is 0. The van der Waals surface area contributed by atoms with E-state index in [1.165, 1.54) is 4.90 Å². The number of hydrogen-bond acceptors (Lipinski definition) is 7. The van der Waals surface area contributed by atoms with E-state index in [-0.39, 0.29) is 30.3 Å². The van der Waals surface area contributed by atoms with Gasteiger partial charge in [-0.3, -0.25) is 19.3 Å². The number of azide groups is 1. The summed E-state index contributed by atoms with van der Waals surface area (Å²) in [4.78, 5) is 48.7. The van der Waals surface area contributed by atoms with Crippen LogP contribution >= 0.6 is 0 Å². The van der Waals surface area contributed by atoms with E-state index in [0.29, 0.717) is 17.5 Å². The van der Waals surface area contributed by atoms with Crippen molar-refractivity contribution < 1.29 is 19.1 Å². The van der Waals surface area contributed by atoms with Crippen LogP contribution in [0.3, 0.4) is 0 Å². The molecule has 1 aromatic rings. The van der Waals surface area contributed by atoms with E-state index in [9.17, 15) is 14.4 Å². The van der Waals surface area contributed by atoms with Gasteiger partial charge < -0.3 is 20.3 Å². The maximum atomic E-state index is 14.2. The molecule has 0 aliphatic carbocycles. The molecule has 3 aliphatic rings. The van der Waals surface area contributed by atoms with Gasteiger partial charge in [-0.05, 0) is 54.1 Å². The van der Waals surface area contributed by atoms with Crippen LogP contribution in [0.4, 0.5) is 5.69 Å². The van der Waals surface area contributed by atoms with Gasteiger partial charge in [-0.15, -0.1) is 0 Å². The first-order valence-corrected chi connectivity index (χ1v) is 13.4. The summed E-state index contributed by atoms with van der Waals surface area (Å²) < 4.78 is 5.61. The summed E-state index contributed by atoms with van der Waals surface area (Å²) in [6.07, 6.45) is 0.897. The molecule has 0 saturated carbocycles. The van der Waals surface area contributed by atoms with Crippen LogP contribution in [0.2, 0.25) is 0 Å². The van der Waals surface area contributed by atoms with Gasteiger partial charge in [-0.25, -0.2) is 0 Å². The second kappa shape index (κ2) is 11.3. The zero-order chi connectivity index (χ0) is 27.6. The summed E-state index contributed by atoms with van der Waals surface area (Å²) in [5.41, 5.74) is 16.4. The van der Waals surface area contributed by atoms with E-state index in [0.717, 1.165) is 44.8 Å². The summed E-state index contributed by atoms with van der Waals surface area (Å²) in [6, 6.07) is 4.10. The van der Waals surface area contributed by atoms with Crippen molar-refractivity contribution in [2.24, 2.45) is 16.3 Å². The van der Waals surface area contributed by atoms with E-state index >= 15 is 0 Å². The molecule has 1 aromatic carbocycles. The number of benzene rings is 1. The number of likely N-dealkylation sites (tertiary alicyclic amines) is 1. The number of nitrogens with zero attached hydrogens (tertiary/aromatic N) is 6. The molecule has 2 N–H and O–H groups in total. The van der Waals surface area contributed by atoms with Crippen molar-refractivity contribution in [2.75, 3.05) is 50.8 Å². The molecule has 3 aliphatic heterocycles. The predicted octanol–water partition coefficient (Wildman–Crippen LogP) is 2.69. The highest BCUT2D eigenvalue weighted by atomic mass is 16.5. The number of primary amides is 1. The van der Waals surface area contributed by atoms with Crippen LogP contribution in [0, 0.1) is 5.41 Å². The van der Waals surface area contributed by atoms with Crippen LogP contribution in [-0.4, -0.2) is 91.5 Å². The number of carbonyl (C=O) groups is 3. The van der Waals surface area contributed by atoms with E-state index in [1.54, 1.807) is 6.07 Å². The second-order valence-electron chi connectivity index (χ2n) is 11.7. The number of fused-ring (bicyclic) bond motifs is 1. The molecule has 11 nitrogen and oxygen atoms in total. The van der Waals surface area contributed by atoms with Crippen LogP contribution in [0.15, 0.2) is 23.3 Å². The Balaban J connectivity index is 1.71. The number of hydrogen-bond donors (Lipinski definition) is 1. The Morgan fingerprint density at radius 1 is 1.24 bits per heavy atom. The molecule has 0 unspecified atom stereocenters. The average molecular weight is 526 g/mol. The van der Waals surface area contributed by atoms with Crippen LogP contribution in [0.1, 0.15) is 62.4 Å². The number of nitrogens with two attached hydrogens (primary N) is 1. The third-order valence-corrected chi connectivity index (χ3v) is 7.71. The third kappa shape index (κ3) is 5.80. The minimum absolute atomic E-state index is 0.0929. The first-order chi connectivity index (χ1) is 18.0. The zero-order valence-electron chi connectivity index (χ0n) is 22.8. The Kier molecular flexibility index (Phi) is 8.30. The SMILES string of the molecule is CCCN1CCN(c2ccc(C(N)=O)c([C@H](CC(C)(C)C)C(=O)N3C[C@@H](N=[N+]=[N-])[C@H]4OCC(=O)[C@H]43)c2)CC1. The maximum Gasteiger partial charge on any atom is 0.249 e. The van der Waals surface area contributed by atoms with Gasteiger partial charge in [0.05, 0.1) is 18.1 Å². The van der Waals surface area contributed by atoms with E-state index in [1.807, 2.05) is 32.9 Å². The number of carbonyl (C=O) groups excluding carboxylic acids is 3. The minimum Gasteiger partial charge on any atom is -0.369 e. The number of amides is 2. The fourth-order valence-corrected chi connectivity index (χ4v) is 5.97. The molecule has 11 heteroatoms. The van der Waals surface area contributed by atoms with Crippen molar-refractivity contribution in [3.05, 3.63) is 39.8 Å². The first-order valence-electron chi connectivity index (χ1n) is 13.4. The van der Waals surface area contributed by atoms with Gasteiger partial charge >= 0.3 is 0 Å². The molecule has 0 radical (unpaired) electrons. The Morgan fingerprint density at radius 3 is 2.55 bits per heavy atom. The molecule has 0 aromatic heterocycles. The lowest BCUT2D eigenvalue weighted by molar-refractivity contribution is -0.138. The number of anilines is 1. The highest BCUT2D eigenvalue weighted by Crippen LogP contribution is 2.39. The summed E-state index contributed by atoms with van der Waals surface area (Å²) in [7, 11) is 0. The van der Waals surface area contributed by atoms with E-state index in [2.05, 4.69) is 26.7 Å².